The van der Waals surface area contributed by atoms with Crippen molar-refractivity contribution in [3.8, 4) is 0 Å². The zero-order valence-corrected chi connectivity index (χ0v) is 10.7. The quantitative estimate of drug-likeness (QED) is 0.755. The van der Waals surface area contributed by atoms with E-state index in [0.717, 1.165) is 0 Å². The van der Waals surface area contributed by atoms with Crippen molar-refractivity contribution in [3.05, 3.63) is 35.9 Å². The van der Waals surface area contributed by atoms with Crippen molar-refractivity contribution in [1.82, 2.24) is 0 Å². The Morgan fingerprint density at radius 3 is 2.06 bits per heavy atom. The van der Waals surface area contributed by atoms with Crippen LogP contribution in [0.5, 0.6) is 0 Å². The largest absolute Gasteiger partial charge is 0.450 e. The molecule has 0 amide bonds. The van der Waals surface area contributed by atoms with Crippen LogP contribution in [0.1, 0.15) is 39.4 Å². The summed E-state index contributed by atoms with van der Waals surface area (Å²) >= 11 is 0. The molecule has 0 aliphatic rings. The van der Waals surface area contributed by atoms with Gasteiger partial charge in [-0.05, 0) is 0 Å². The van der Waals surface area contributed by atoms with Crippen LogP contribution in [0.3, 0.4) is 0 Å². The molecule has 92 valence electrons. The summed E-state index contributed by atoms with van der Waals surface area (Å²) in [5.74, 6) is -0.546. The monoisotopic (exact) mass is 234 g/mol. The van der Waals surface area contributed by atoms with Crippen molar-refractivity contribution < 1.29 is 14.3 Å². The molecule has 0 N–H and O–H groups in total. The maximum Gasteiger partial charge on any atom is 0.303 e. The molecule has 1 rings (SSSR count). The molecule has 0 bridgehead atoms. The smallest absolute Gasteiger partial charge is 0.303 e. The van der Waals surface area contributed by atoms with Crippen LogP contribution >= 0.6 is 0 Å². The lowest BCUT2D eigenvalue weighted by Gasteiger charge is -2.24. The molecule has 0 saturated carbocycles. The number of hydrogen-bond acceptors (Lipinski definition) is 3. The predicted molar refractivity (Wildman–Crippen MR) is 65.4 cm³/mol. The fraction of sp³-hybridized carbons (Fsp3) is 0.429. The van der Waals surface area contributed by atoms with Crippen LogP contribution in [0.15, 0.2) is 30.3 Å². The Hall–Kier alpha value is -1.64. The van der Waals surface area contributed by atoms with Gasteiger partial charge < -0.3 is 4.74 Å². The SMILES string of the molecule is CC(=O)OC(C(=O)C(C)(C)C)c1ccccc1. The Labute approximate surface area is 102 Å². The van der Waals surface area contributed by atoms with Gasteiger partial charge in [-0.1, -0.05) is 51.1 Å². The highest BCUT2D eigenvalue weighted by atomic mass is 16.5. The number of hydrogen-bond donors (Lipinski definition) is 0. The third-order valence-electron chi connectivity index (χ3n) is 2.36. The molecule has 17 heavy (non-hydrogen) atoms. The molecule has 0 aliphatic carbocycles. The number of rotatable bonds is 3. The van der Waals surface area contributed by atoms with Crippen molar-refractivity contribution in [2.45, 2.75) is 33.8 Å². The summed E-state index contributed by atoms with van der Waals surface area (Å²) in [5, 5.41) is 0. The van der Waals surface area contributed by atoms with Gasteiger partial charge in [0.05, 0.1) is 0 Å². The first-order chi connectivity index (χ1) is 7.82. The number of benzene rings is 1. The molecule has 1 aromatic carbocycles. The molecule has 1 unspecified atom stereocenters. The second kappa shape index (κ2) is 5.13. The maximum absolute atomic E-state index is 12.2. The first kappa shape index (κ1) is 13.4. The van der Waals surface area contributed by atoms with Gasteiger partial charge in [0.15, 0.2) is 11.9 Å². The van der Waals surface area contributed by atoms with E-state index in [2.05, 4.69) is 0 Å². The number of ketones is 1. The van der Waals surface area contributed by atoms with Gasteiger partial charge in [0.1, 0.15) is 0 Å². The van der Waals surface area contributed by atoms with E-state index in [4.69, 9.17) is 4.74 Å². The lowest BCUT2D eigenvalue weighted by atomic mass is 9.85. The molecule has 0 heterocycles. The lowest BCUT2D eigenvalue weighted by molar-refractivity contribution is -0.156. The number of carbonyl (C=O) groups excluding carboxylic acids is 2. The first-order valence-corrected chi connectivity index (χ1v) is 5.59. The van der Waals surface area contributed by atoms with Crippen molar-refractivity contribution >= 4 is 11.8 Å². The molecular formula is C14H18O3. The van der Waals surface area contributed by atoms with E-state index in [0.29, 0.717) is 5.56 Å². The summed E-state index contributed by atoms with van der Waals surface area (Å²) in [5.41, 5.74) is 0.165. The first-order valence-electron chi connectivity index (χ1n) is 5.59. The number of esters is 1. The van der Waals surface area contributed by atoms with E-state index in [1.54, 1.807) is 12.1 Å². The molecule has 1 atom stereocenters. The highest BCUT2D eigenvalue weighted by Crippen LogP contribution is 2.28. The molecule has 3 heteroatoms. The van der Waals surface area contributed by atoms with Gasteiger partial charge >= 0.3 is 5.97 Å². The fourth-order valence-corrected chi connectivity index (χ4v) is 1.46. The van der Waals surface area contributed by atoms with Crippen molar-refractivity contribution in [1.29, 1.82) is 0 Å². The van der Waals surface area contributed by atoms with E-state index >= 15 is 0 Å². The van der Waals surface area contributed by atoms with E-state index < -0.39 is 17.5 Å². The summed E-state index contributed by atoms with van der Waals surface area (Å²) in [7, 11) is 0. The minimum absolute atomic E-state index is 0.0982. The summed E-state index contributed by atoms with van der Waals surface area (Å²) in [6.07, 6.45) is -0.811. The fourth-order valence-electron chi connectivity index (χ4n) is 1.46. The molecular weight excluding hydrogens is 216 g/mol. The summed E-state index contributed by atoms with van der Waals surface area (Å²) in [4.78, 5) is 23.3. The van der Waals surface area contributed by atoms with Crippen LogP contribution in [-0.4, -0.2) is 11.8 Å². The minimum atomic E-state index is -0.811. The number of ether oxygens (including phenoxy) is 1. The Morgan fingerprint density at radius 2 is 1.65 bits per heavy atom. The topological polar surface area (TPSA) is 43.4 Å². The van der Waals surface area contributed by atoms with Gasteiger partial charge in [-0.3, -0.25) is 9.59 Å². The van der Waals surface area contributed by atoms with Gasteiger partial charge in [0, 0.05) is 17.9 Å². The van der Waals surface area contributed by atoms with Crippen LogP contribution in [0, 0.1) is 5.41 Å². The van der Waals surface area contributed by atoms with Gasteiger partial charge in [0.2, 0.25) is 0 Å². The van der Waals surface area contributed by atoms with Crippen molar-refractivity contribution in [3.63, 3.8) is 0 Å². The average Bonchev–Trinajstić information content (AvgIpc) is 2.24. The second-order valence-corrected chi connectivity index (χ2v) is 5.01. The molecule has 0 spiro atoms. The van der Waals surface area contributed by atoms with Crippen LogP contribution < -0.4 is 0 Å². The third kappa shape index (κ3) is 3.70. The summed E-state index contributed by atoms with van der Waals surface area (Å²) < 4.78 is 5.14. The van der Waals surface area contributed by atoms with Crippen LogP contribution in [-0.2, 0) is 14.3 Å². The zero-order chi connectivity index (χ0) is 13.1. The third-order valence-corrected chi connectivity index (χ3v) is 2.36. The zero-order valence-electron chi connectivity index (χ0n) is 10.7. The molecule has 0 aliphatic heterocycles. The van der Waals surface area contributed by atoms with Crippen molar-refractivity contribution in [2.24, 2.45) is 5.41 Å². The maximum atomic E-state index is 12.2. The van der Waals surface area contributed by atoms with Gasteiger partial charge in [-0.15, -0.1) is 0 Å². The molecule has 1 aromatic rings. The summed E-state index contributed by atoms with van der Waals surface area (Å²) in [6, 6.07) is 9.08. The van der Waals surface area contributed by atoms with E-state index in [-0.39, 0.29) is 5.78 Å². The number of Topliss-reactive ketones (excluding diaryl/α,β-unsaturated/α-hetero) is 1. The predicted octanol–water partition coefficient (Wildman–Crippen LogP) is 2.91. The van der Waals surface area contributed by atoms with Crippen LogP contribution in [0.25, 0.3) is 0 Å². The number of carbonyl (C=O) groups is 2. The Morgan fingerprint density at radius 1 is 1.12 bits per heavy atom. The standard InChI is InChI=1S/C14H18O3/c1-10(15)17-12(13(16)14(2,3)4)11-8-6-5-7-9-11/h5-9,12H,1-4H3. The molecule has 0 fully saturated rings. The van der Waals surface area contributed by atoms with Crippen LogP contribution in [0.4, 0.5) is 0 Å². The second-order valence-electron chi connectivity index (χ2n) is 5.01. The van der Waals surface area contributed by atoms with Gasteiger partial charge in [-0.2, -0.15) is 0 Å². The molecule has 0 saturated heterocycles. The highest BCUT2D eigenvalue weighted by molar-refractivity contribution is 5.90. The Kier molecular flexibility index (Phi) is 4.05. The molecule has 3 nitrogen and oxygen atoms in total. The lowest BCUT2D eigenvalue weighted by Crippen LogP contribution is -2.29. The van der Waals surface area contributed by atoms with E-state index in [9.17, 15) is 9.59 Å². The summed E-state index contributed by atoms with van der Waals surface area (Å²) in [6.45, 7) is 6.75. The van der Waals surface area contributed by atoms with Crippen LogP contribution in [0.2, 0.25) is 0 Å². The average molecular weight is 234 g/mol. The Balaban J connectivity index is 3.05. The normalized spacial score (nSPS) is 12.9. The van der Waals surface area contributed by atoms with E-state index in [1.807, 2.05) is 39.0 Å². The Bertz CT molecular complexity index is 401. The van der Waals surface area contributed by atoms with Gasteiger partial charge in [0.25, 0.3) is 0 Å². The van der Waals surface area contributed by atoms with Crippen molar-refractivity contribution in [2.75, 3.05) is 0 Å². The van der Waals surface area contributed by atoms with Gasteiger partial charge in [-0.25, -0.2) is 0 Å². The molecule has 0 radical (unpaired) electrons. The molecule has 0 aromatic heterocycles. The highest BCUT2D eigenvalue weighted by Gasteiger charge is 2.32. The van der Waals surface area contributed by atoms with E-state index in [1.165, 1.54) is 6.92 Å². The minimum Gasteiger partial charge on any atom is -0.450 e.